The lowest BCUT2D eigenvalue weighted by atomic mass is 10.2. The summed E-state index contributed by atoms with van der Waals surface area (Å²) >= 11 is 1.65. The molecule has 4 heteroatoms. The van der Waals surface area contributed by atoms with E-state index in [9.17, 15) is 4.79 Å². The lowest BCUT2D eigenvalue weighted by Gasteiger charge is -2.36. The minimum atomic E-state index is 0.280. The average molecular weight is 280 g/mol. The second-order valence-electron chi connectivity index (χ2n) is 5.45. The van der Waals surface area contributed by atoms with Gasteiger partial charge in [-0.15, -0.1) is 11.3 Å². The summed E-state index contributed by atoms with van der Waals surface area (Å²) in [6.45, 7) is 11.4. The Morgan fingerprint density at radius 2 is 1.95 bits per heavy atom. The molecule has 1 aliphatic rings. The highest BCUT2D eigenvalue weighted by Gasteiger charge is 2.21. The summed E-state index contributed by atoms with van der Waals surface area (Å²) < 4.78 is 0. The molecule has 0 aromatic carbocycles. The minimum Gasteiger partial charge on any atom is -0.298 e. The Morgan fingerprint density at radius 1 is 1.26 bits per heavy atom. The van der Waals surface area contributed by atoms with Crippen LogP contribution in [0.15, 0.2) is 12.1 Å². The Bertz CT molecular complexity index is 420. The molecule has 1 saturated heterocycles. The van der Waals surface area contributed by atoms with Gasteiger partial charge in [0.05, 0.1) is 11.4 Å². The second kappa shape index (κ2) is 6.64. The van der Waals surface area contributed by atoms with E-state index in [1.165, 1.54) is 4.88 Å². The molecule has 0 radical (unpaired) electrons. The Morgan fingerprint density at radius 3 is 2.47 bits per heavy atom. The van der Waals surface area contributed by atoms with Crippen LogP contribution < -0.4 is 0 Å². The highest BCUT2D eigenvalue weighted by molar-refractivity contribution is 7.14. The highest BCUT2D eigenvalue weighted by Crippen LogP contribution is 2.18. The van der Waals surface area contributed by atoms with Crippen LogP contribution in [0.2, 0.25) is 0 Å². The van der Waals surface area contributed by atoms with Crippen LogP contribution in [0.25, 0.3) is 0 Å². The molecule has 0 atom stereocenters. The second-order valence-corrected chi connectivity index (χ2v) is 6.62. The number of piperazine rings is 1. The van der Waals surface area contributed by atoms with Gasteiger partial charge in [-0.3, -0.25) is 14.6 Å². The molecule has 0 amide bonds. The summed E-state index contributed by atoms with van der Waals surface area (Å²) in [4.78, 5) is 19.2. The van der Waals surface area contributed by atoms with Crippen LogP contribution in [0, 0.1) is 0 Å². The van der Waals surface area contributed by atoms with E-state index in [0.717, 1.165) is 37.5 Å². The van der Waals surface area contributed by atoms with Gasteiger partial charge in [0.2, 0.25) is 0 Å². The number of Topliss-reactive ketones (excluding diaryl/α,β-unsaturated/α-hetero) is 1. The molecule has 2 rings (SSSR count). The number of aryl methyl sites for hydroxylation is 1. The van der Waals surface area contributed by atoms with Gasteiger partial charge in [-0.05, 0) is 32.4 Å². The van der Waals surface area contributed by atoms with Crippen LogP contribution in [-0.4, -0.2) is 54.3 Å². The van der Waals surface area contributed by atoms with Crippen LogP contribution >= 0.6 is 11.3 Å². The summed E-state index contributed by atoms with van der Waals surface area (Å²) in [6, 6.07) is 4.67. The van der Waals surface area contributed by atoms with Crippen LogP contribution in [0.4, 0.5) is 0 Å². The molecule has 106 valence electrons. The molecule has 2 heterocycles. The zero-order valence-electron chi connectivity index (χ0n) is 12.2. The molecular weight excluding hydrogens is 256 g/mol. The molecule has 19 heavy (non-hydrogen) atoms. The van der Waals surface area contributed by atoms with Crippen LogP contribution in [0.1, 0.15) is 35.3 Å². The van der Waals surface area contributed by atoms with Crippen molar-refractivity contribution >= 4 is 17.1 Å². The van der Waals surface area contributed by atoms with Gasteiger partial charge >= 0.3 is 0 Å². The smallest absolute Gasteiger partial charge is 0.186 e. The van der Waals surface area contributed by atoms with Gasteiger partial charge < -0.3 is 0 Å². The molecule has 3 nitrogen and oxygen atoms in total. The van der Waals surface area contributed by atoms with E-state index in [4.69, 9.17) is 0 Å². The summed E-state index contributed by atoms with van der Waals surface area (Å²) in [5, 5.41) is 0. The van der Waals surface area contributed by atoms with Gasteiger partial charge in [-0.1, -0.05) is 6.92 Å². The standard InChI is InChI=1S/C15H24N2OS/c1-4-13-5-6-15(19-13)14(18)11-16-7-9-17(10-8-16)12(2)3/h5-6,12H,4,7-11H2,1-3H3. The van der Waals surface area contributed by atoms with Crippen LogP contribution in [-0.2, 0) is 6.42 Å². The summed E-state index contributed by atoms with van der Waals surface area (Å²) in [6.07, 6.45) is 1.02. The first-order chi connectivity index (χ1) is 9.10. The Hall–Kier alpha value is -0.710. The maximum Gasteiger partial charge on any atom is 0.186 e. The molecule has 0 spiro atoms. The number of carbonyl (C=O) groups excluding carboxylic acids is 1. The molecule has 0 bridgehead atoms. The third kappa shape index (κ3) is 3.88. The van der Waals surface area contributed by atoms with E-state index in [1.54, 1.807) is 11.3 Å². The van der Waals surface area contributed by atoms with Gasteiger partial charge in [0.1, 0.15) is 0 Å². The maximum atomic E-state index is 12.2. The molecule has 0 aliphatic carbocycles. The molecule has 1 aromatic heterocycles. The number of carbonyl (C=O) groups is 1. The first kappa shape index (κ1) is 14.7. The van der Waals surface area contributed by atoms with Crippen molar-refractivity contribution in [2.75, 3.05) is 32.7 Å². The fourth-order valence-electron chi connectivity index (χ4n) is 2.44. The zero-order chi connectivity index (χ0) is 13.8. The van der Waals surface area contributed by atoms with Crippen LogP contribution in [0.5, 0.6) is 0 Å². The normalized spacial score (nSPS) is 18.1. The molecule has 0 N–H and O–H groups in total. The first-order valence-electron chi connectivity index (χ1n) is 7.18. The topological polar surface area (TPSA) is 23.6 Å². The van der Waals surface area contributed by atoms with Crippen molar-refractivity contribution < 1.29 is 4.79 Å². The Balaban J connectivity index is 1.83. The van der Waals surface area contributed by atoms with Crippen molar-refractivity contribution in [1.29, 1.82) is 0 Å². The first-order valence-corrected chi connectivity index (χ1v) is 8.00. The van der Waals surface area contributed by atoms with Crippen molar-refractivity contribution in [2.45, 2.75) is 33.2 Å². The van der Waals surface area contributed by atoms with E-state index < -0.39 is 0 Å². The lowest BCUT2D eigenvalue weighted by Crippen LogP contribution is -2.49. The predicted octanol–water partition coefficient (Wildman–Crippen LogP) is 2.52. The largest absolute Gasteiger partial charge is 0.298 e. The molecule has 1 aliphatic heterocycles. The zero-order valence-corrected chi connectivity index (χ0v) is 13.0. The summed E-state index contributed by atoms with van der Waals surface area (Å²) in [5.74, 6) is 0.280. The van der Waals surface area contributed by atoms with Gasteiger partial charge in [-0.25, -0.2) is 0 Å². The fraction of sp³-hybridized carbons (Fsp3) is 0.667. The molecule has 1 fully saturated rings. The fourth-order valence-corrected chi connectivity index (χ4v) is 3.31. The molecule has 0 unspecified atom stereocenters. The van der Waals surface area contributed by atoms with Gasteiger partial charge in [0.25, 0.3) is 0 Å². The lowest BCUT2D eigenvalue weighted by molar-refractivity contribution is 0.0810. The van der Waals surface area contributed by atoms with E-state index in [0.29, 0.717) is 12.6 Å². The summed E-state index contributed by atoms with van der Waals surface area (Å²) in [5.41, 5.74) is 0. The Labute approximate surface area is 120 Å². The highest BCUT2D eigenvalue weighted by atomic mass is 32.1. The van der Waals surface area contributed by atoms with E-state index >= 15 is 0 Å². The molecule has 0 saturated carbocycles. The SMILES string of the molecule is CCc1ccc(C(=O)CN2CCN(C(C)C)CC2)s1. The number of rotatable bonds is 5. The van der Waals surface area contributed by atoms with Crippen molar-refractivity contribution in [1.82, 2.24) is 9.80 Å². The Kier molecular flexibility index (Phi) is 5.13. The third-order valence-corrected chi connectivity index (χ3v) is 5.06. The van der Waals surface area contributed by atoms with Crippen molar-refractivity contribution in [3.63, 3.8) is 0 Å². The van der Waals surface area contributed by atoms with Gasteiger partial charge in [0, 0.05) is 37.1 Å². The average Bonchev–Trinajstić information content (AvgIpc) is 2.88. The maximum absolute atomic E-state index is 12.2. The molecule has 1 aromatic rings. The third-order valence-electron chi connectivity index (χ3n) is 3.79. The molecular formula is C15H24N2OS. The van der Waals surface area contributed by atoms with Crippen molar-refractivity contribution in [3.05, 3.63) is 21.9 Å². The minimum absolute atomic E-state index is 0.280. The number of nitrogens with zero attached hydrogens (tertiary/aromatic N) is 2. The van der Waals surface area contributed by atoms with Crippen LogP contribution in [0.3, 0.4) is 0 Å². The monoisotopic (exact) mass is 280 g/mol. The van der Waals surface area contributed by atoms with E-state index in [-0.39, 0.29) is 5.78 Å². The van der Waals surface area contributed by atoms with E-state index in [1.807, 2.05) is 6.07 Å². The van der Waals surface area contributed by atoms with Crippen molar-refractivity contribution in [3.8, 4) is 0 Å². The van der Waals surface area contributed by atoms with Gasteiger partial charge in [0.15, 0.2) is 5.78 Å². The number of hydrogen-bond donors (Lipinski definition) is 0. The van der Waals surface area contributed by atoms with E-state index in [2.05, 4.69) is 36.6 Å². The summed E-state index contributed by atoms with van der Waals surface area (Å²) in [7, 11) is 0. The number of thiophene rings is 1. The quantitative estimate of drug-likeness (QED) is 0.774. The van der Waals surface area contributed by atoms with Gasteiger partial charge in [-0.2, -0.15) is 0 Å². The van der Waals surface area contributed by atoms with Crippen molar-refractivity contribution in [2.24, 2.45) is 0 Å². The predicted molar refractivity (Wildman–Crippen MR) is 81.2 cm³/mol. The number of hydrogen-bond acceptors (Lipinski definition) is 4. The number of ketones is 1.